The summed E-state index contributed by atoms with van der Waals surface area (Å²) in [5.41, 5.74) is 3.91. The van der Waals surface area contributed by atoms with Crippen molar-refractivity contribution in [3.05, 3.63) is 23.3 Å². The maximum atomic E-state index is 11.1. The van der Waals surface area contributed by atoms with Gasteiger partial charge in [-0.2, -0.15) is 18.2 Å². The molecule has 8 heteroatoms. The van der Waals surface area contributed by atoms with Gasteiger partial charge in [0.25, 0.3) is 10.2 Å². The Hall–Kier alpha value is -1.64. The van der Waals surface area contributed by atoms with Gasteiger partial charge < -0.3 is 4.90 Å². The Kier molecular flexibility index (Phi) is 3.26. The zero-order chi connectivity index (χ0) is 17.3. The van der Waals surface area contributed by atoms with Crippen LogP contribution in [0, 0.1) is 19.3 Å². The lowest BCUT2D eigenvalue weighted by atomic mass is 9.61. The van der Waals surface area contributed by atoms with Gasteiger partial charge in [-0.3, -0.25) is 4.68 Å². The number of rotatable bonds is 3. The Morgan fingerprint density at radius 1 is 1.25 bits per heavy atom. The molecule has 1 aromatic heterocycles. The molecule has 1 aliphatic carbocycles. The van der Waals surface area contributed by atoms with Crippen molar-refractivity contribution in [3.63, 3.8) is 0 Å². The van der Waals surface area contributed by atoms with Crippen LogP contribution in [0.25, 0.3) is 10.9 Å². The first kappa shape index (κ1) is 15.9. The third-order valence-corrected chi connectivity index (χ3v) is 6.15. The number of aryl methyl sites for hydroxylation is 3. The fourth-order valence-electron chi connectivity index (χ4n) is 4.20. The molecule has 1 saturated carbocycles. The molecule has 3 N–H and O–H groups in total. The topological polar surface area (TPSA) is 93.2 Å². The molecular weight excluding hydrogens is 326 g/mol. The summed E-state index contributed by atoms with van der Waals surface area (Å²) >= 11 is 0. The zero-order valence-corrected chi connectivity index (χ0v) is 15.0. The van der Waals surface area contributed by atoms with E-state index in [1.807, 2.05) is 11.7 Å². The maximum Gasteiger partial charge on any atom is 0.274 e. The monoisotopic (exact) mass is 349 g/mol. The molecule has 24 heavy (non-hydrogen) atoms. The summed E-state index contributed by atoms with van der Waals surface area (Å²) in [5.74, 6) is 1.03. The van der Waals surface area contributed by atoms with Crippen LogP contribution in [0.2, 0.25) is 0 Å². The van der Waals surface area contributed by atoms with Gasteiger partial charge in [0.1, 0.15) is 0 Å². The average Bonchev–Trinajstić information content (AvgIpc) is 2.67. The highest BCUT2D eigenvalue weighted by Gasteiger charge is 2.53. The maximum absolute atomic E-state index is 11.1. The average molecular weight is 349 g/mol. The van der Waals surface area contributed by atoms with Crippen molar-refractivity contribution in [2.24, 2.45) is 17.6 Å². The Bertz CT molecular complexity index is 920. The number of hydrogen-bond acceptors (Lipinski definition) is 4. The number of anilines is 1. The minimum atomic E-state index is -3.60. The van der Waals surface area contributed by atoms with Gasteiger partial charge in [0, 0.05) is 37.0 Å². The van der Waals surface area contributed by atoms with E-state index in [1.165, 1.54) is 16.5 Å². The van der Waals surface area contributed by atoms with Crippen LogP contribution in [0.15, 0.2) is 12.1 Å². The third kappa shape index (κ3) is 2.49. The second kappa shape index (κ2) is 4.93. The predicted molar refractivity (Wildman–Crippen MR) is 94.1 cm³/mol. The van der Waals surface area contributed by atoms with E-state index in [2.05, 4.69) is 35.6 Å². The van der Waals surface area contributed by atoms with E-state index in [1.54, 1.807) is 0 Å². The smallest absolute Gasteiger partial charge is 0.274 e. The first-order chi connectivity index (χ1) is 11.2. The first-order valence-electron chi connectivity index (χ1n) is 8.15. The fourth-order valence-corrected chi connectivity index (χ4v) is 4.84. The van der Waals surface area contributed by atoms with E-state index in [-0.39, 0.29) is 11.5 Å². The molecule has 2 aliphatic rings. The molecule has 130 valence electrons. The molecule has 1 saturated heterocycles. The van der Waals surface area contributed by atoms with Crippen LogP contribution in [-0.4, -0.2) is 37.3 Å². The SMILES string of the molecule is Cc1cc2c(N3CC4(CC(NS(N)(=O)=O)C4)C3)nn(C)c2cc1C. The highest BCUT2D eigenvalue weighted by molar-refractivity contribution is 7.87. The van der Waals surface area contributed by atoms with Gasteiger partial charge in [-0.25, -0.2) is 5.14 Å². The second-order valence-corrected chi connectivity index (χ2v) is 8.85. The molecule has 0 atom stereocenters. The van der Waals surface area contributed by atoms with Gasteiger partial charge in [0.15, 0.2) is 5.82 Å². The van der Waals surface area contributed by atoms with Crippen LogP contribution < -0.4 is 14.8 Å². The molecule has 1 spiro atoms. The Labute approximate surface area is 142 Å². The number of hydrogen-bond donors (Lipinski definition) is 2. The molecule has 2 heterocycles. The largest absolute Gasteiger partial charge is 0.353 e. The first-order valence-corrected chi connectivity index (χ1v) is 9.69. The second-order valence-electron chi connectivity index (χ2n) is 7.52. The number of nitrogens with two attached hydrogens (primary N) is 1. The van der Waals surface area contributed by atoms with E-state index >= 15 is 0 Å². The predicted octanol–water partition coefficient (Wildman–Crippen LogP) is 0.952. The summed E-state index contributed by atoms with van der Waals surface area (Å²) in [6.45, 7) is 6.09. The lowest BCUT2D eigenvalue weighted by molar-refractivity contribution is 0.0585. The van der Waals surface area contributed by atoms with Crippen LogP contribution in [0.3, 0.4) is 0 Å². The van der Waals surface area contributed by atoms with Gasteiger partial charge in [-0.1, -0.05) is 0 Å². The van der Waals surface area contributed by atoms with Gasteiger partial charge >= 0.3 is 0 Å². The van der Waals surface area contributed by atoms with Crippen LogP contribution in [0.1, 0.15) is 24.0 Å². The molecule has 2 fully saturated rings. The normalized spacial score (nSPS) is 20.4. The van der Waals surface area contributed by atoms with Crippen molar-refractivity contribution in [3.8, 4) is 0 Å². The third-order valence-electron chi connectivity index (χ3n) is 5.49. The molecule has 0 radical (unpaired) electrons. The van der Waals surface area contributed by atoms with Crippen molar-refractivity contribution in [2.45, 2.75) is 32.7 Å². The zero-order valence-electron chi connectivity index (χ0n) is 14.2. The minimum Gasteiger partial charge on any atom is -0.353 e. The van der Waals surface area contributed by atoms with Crippen molar-refractivity contribution in [1.29, 1.82) is 0 Å². The number of nitrogens with zero attached hydrogens (tertiary/aromatic N) is 3. The van der Waals surface area contributed by atoms with Gasteiger partial charge in [0.2, 0.25) is 0 Å². The lowest BCUT2D eigenvalue weighted by Gasteiger charge is -2.59. The molecule has 0 unspecified atom stereocenters. The minimum absolute atomic E-state index is 0.0208. The molecule has 4 rings (SSSR count). The fraction of sp³-hybridized carbons (Fsp3) is 0.562. The van der Waals surface area contributed by atoms with E-state index in [9.17, 15) is 8.42 Å². The summed E-state index contributed by atoms with van der Waals surface area (Å²) < 4.78 is 26.6. The Balaban J connectivity index is 1.50. The molecule has 2 aromatic rings. The number of fused-ring (bicyclic) bond motifs is 1. The lowest BCUT2D eigenvalue weighted by Crippen LogP contribution is -2.67. The Morgan fingerprint density at radius 2 is 1.88 bits per heavy atom. The highest BCUT2D eigenvalue weighted by Crippen LogP contribution is 2.50. The molecule has 1 aliphatic heterocycles. The van der Waals surface area contributed by atoms with E-state index in [0.717, 1.165) is 37.3 Å². The molecule has 1 aromatic carbocycles. The summed E-state index contributed by atoms with van der Waals surface area (Å²) in [6.07, 6.45) is 1.70. The highest BCUT2D eigenvalue weighted by atomic mass is 32.2. The van der Waals surface area contributed by atoms with Crippen LogP contribution in [0.4, 0.5) is 5.82 Å². The number of benzene rings is 1. The summed E-state index contributed by atoms with van der Waals surface area (Å²) in [5, 5.41) is 10.9. The van der Waals surface area contributed by atoms with Gasteiger partial charge in [-0.05, 0) is 49.9 Å². The summed E-state index contributed by atoms with van der Waals surface area (Å²) in [4.78, 5) is 2.30. The van der Waals surface area contributed by atoms with Crippen LogP contribution in [0.5, 0.6) is 0 Å². The van der Waals surface area contributed by atoms with Crippen molar-refractivity contribution < 1.29 is 8.42 Å². The van der Waals surface area contributed by atoms with Gasteiger partial charge in [0.05, 0.1) is 5.52 Å². The molecule has 0 amide bonds. The van der Waals surface area contributed by atoms with E-state index < -0.39 is 10.2 Å². The van der Waals surface area contributed by atoms with Crippen LogP contribution >= 0.6 is 0 Å². The number of nitrogens with one attached hydrogen (secondary N) is 1. The van der Waals surface area contributed by atoms with Crippen molar-refractivity contribution >= 4 is 26.9 Å². The molecular formula is C16H23N5O2S. The van der Waals surface area contributed by atoms with Crippen molar-refractivity contribution in [1.82, 2.24) is 14.5 Å². The summed E-state index contributed by atoms with van der Waals surface area (Å²) in [7, 11) is -1.62. The standard InChI is InChI=1S/C16H23N5O2S/c1-10-4-13-14(5-11(10)2)20(3)18-15(13)21-8-16(9-21)6-12(7-16)19-24(17,22)23/h4-5,12,19H,6-9H2,1-3H3,(H2,17,22,23). The summed E-state index contributed by atoms with van der Waals surface area (Å²) in [6, 6.07) is 4.38. The van der Waals surface area contributed by atoms with Crippen LogP contribution in [-0.2, 0) is 17.3 Å². The quantitative estimate of drug-likeness (QED) is 0.863. The van der Waals surface area contributed by atoms with E-state index in [0.29, 0.717) is 0 Å². The van der Waals surface area contributed by atoms with Crippen molar-refractivity contribution in [2.75, 3.05) is 18.0 Å². The molecule has 0 bridgehead atoms. The molecule has 7 nitrogen and oxygen atoms in total. The number of aromatic nitrogens is 2. The van der Waals surface area contributed by atoms with Gasteiger partial charge in [-0.15, -0.1) is 0 Å². The van der Waals surface area contributed by atoms with E-state index in [4.69, 9.17) is 10.2 Å². The Morgan fingerprint density at radius 3 is 2.50 bits per heavy atom.